The van der Waals surface area contributed by atoms with E-state index in [9.17, 15) is 22.0 Å². The van der Waals surface area contributed by atoms with E-state index in [2.05, 4.69) is 0 Å². The summed E-state index contributed by atoms with van der Waals surface area (Å²) >= 11 is 0. The van der Waals surface area contributed by atoms with Gasteiger partial charge in [0.15, 0.2) is 0 Å². The maximum absolute atomic E-state index is 12.0. The van der Waals surface area contributed by atoms with E-state index < -0.39 is 33.9 Å². The summed E-state index contributed by atoms with van der Waals surface area (Å²) in [5.74, 6) is -1.37. The van der Waals surface area contributed by atoms with Gasteiger partial charge in [0.25, 0.3) is 6.43 Å². The number of aromatic carboxylic acids is 1. The lowest BCUT2D eigenvalue weighted by Gasteiger charge is -2.10. The van der Waals surface area contributed by atoms with Gasteiger partial charge in [-0.05, 0) is 25.1 Å². The van der Waals surface area contributed by atoms with Gasteiger partial charge in [-0.3, -0.25) is 0 Å². The normalized spacial score (nSPS) is 11.6. The molecule has 0 aromatic heterocycles. The molecule has 0 bridgehead atoms. The zero-order chi connectivity index (χ0) is 15.3. The van der Waals surface area contributed by atoms with Crippen LogP contribution in [0.1, 0.15) is 17.3 Å². The zero-order valence-corrected chi connectivity index (χ0v) is 11.3. The average Bonchev–Trinajstić information content (AvgIpc) is 2.37. The maximum atomic E-state index is 12.0. The molecule has 1 aromatic carbocycles. The van der Waals surface area contributed by atoms with Crippen molar-refractivity contribution in [1.29, 1.82) is 0 Å². The van der Waals surface area contributed by atoms with Gasteiger partial charge in [0.05, 0.1) is 18.0 Å². The summed E-state index contributed by atoms with van der Waals surface area (Å²) in [5, 5.41) is 8.99. The number of rotatable bonds is 7. The molecule has 0 unspecified atom stereocenters. The number of hydrogen-bond acceptors (Lipinski definition) is 4. The fourth-order valence-corrected chi connectivity index (χ4v) is 2.41. The van der Waals surface area contributed by atoms with E-state index in [4.69, 9.17) is 9.84 Å². The van der Waals surface area contributed by atoms with E-state index in [0.29, 0.717) is 0 Å². The monoisotopic (exact) mass is 309 g/mol. The Labute approximate surface area is 114 Å². The highest BCUT2D eigenvalue weighted by molar-refractivity contribution is 7.89. The lowest BCUT2D eigenvalue weighted by molar-refractivity contribution is 0.0692. The highest BCUT2D eigenvalue weighted by Gasteiger charge is 2.20. The molecule has 2 N–H and O–H groups in total. The molecule has 0 aliphatic heterocycles. The standard InChI is InChI=1S/C11H13F2NO5S/c1-2-19-9-4-3-7(5-8(9)11(15)16)20(17,18)14-6-10(12)13/h3-5,10,14H,2,6H2,1H3,(H,15,16). The van der Waals surface area contributed by atoms with Crippen molar-refractivity contribution < 1.29 is 31.8 Å². The second kappa shape index (κ2) is 6.62. The van der Waals surface area contributed by atoms with E-state index >= 15 is 0 Å². The summed E-state index contributed by atoms with van der Waals surface area (Å²) < 4.78 is 54.2. The average molecular weight is 309 g/mol. The number of carbonyl (C=O) groups is 1. The molecular weight excluding hydrogens is 296 g/mol. The van der Waals surface area contributed by atoms with Gasteiger partial charge in [0.2, 0.25) is 10.0 Å². The molecule has 1 rings (SSSR count). The van der Waals surface area contributed by atoms with Gasteiger partial charge in [-0.25, -0.2) is 26.7 Å². The van der Waals surface area contributed by atoms with Crippen LogP contribution in [-0.2, 0) is 10.0 Å². The number of nitrogens with one attached hydrogen (secondary N) is 1. The van der Waals surface area contributed by atoms with Gasteiger partial charge in [-0.2, -0.15) is 0 Å². The van der Waals surface area contributed by atoms with Crippen molar-refractivity contribution >= 4 is 16.0 Å². The summed E-state index contributed by atoms with van der Waals surface area (Å²) in [6, 6.07) is 3.12. The third-order valence-corrected chi connectivity index (χ3v) is 3.64. The van der Waals surface area contributed by atoms with Crippen molar-refractivity contribution in [2.24, 2.45) is 0 Å². The Hall–Kier alpha value is -1.74. The molecule has 9 heteroatoms. The van der Waals surface area contributed by atoms with Crippen LogP contribution in [0, 0.1) is 0 Å². The molecule has 0 aliphatic rings. The first-order valence-electron chi connectivity index (χ1n) is 5.56. The minimum atomic E-state index is -4.19. The van der Waals surface area contributed by atoms with Crippen molar-refractivity contribution in [3.63, 3.8) is 0 Å². The topological polar surface area (TPSA) is 92.7 Å². The van der Waals surface area contributed by atoms with Gasteiger partial charge in [-0.15, -0.1) is 0 Å². The third-order valence-electron chi connectivity index (χ3n) is 2.22. The van der Waals surface area contributed by atoms with Crippen LogP contribution in [-0.4, -0.2) is 39.1 Å². The van der Waals surface area contributed by atoms with Gasteiger partial charge < -0.3 is 9.84 Å². The molecule has 20 heavy (non-hydrogen) atoms. The molecule has 0 saturated heterocycles. The van der Waals surface area contributed by atoms with Crippen LogP contribution in [0.4, 0.5) is 8.78 Å². The van der Waals surface area contributed by atoms with Gasteiger partial charge in [0.1, 0.15) is 11.3 Å². The SMILES string of the molecule is CCOc1ccc(S(=O)(=O)NCC(F)F)cc1C(=O)O. The largest absolute Gasteiger partial charge is 0.493 e. The Balaban J connectivity index is 3.14. The minimum Gasteiger partial charge on any atom is -0.493 e. The number of benzene rings is 1. The zero-order valence-electron chi connectivity index (χ0n) is 10.5. The Bertz CT molecular complexity index is 588. The highest BCUT2D eigenvalue weighted by atomic mass is 32.2. The van der Waals surface area contributed by atoms with E-state index in [-0.39, 0.29) is 17.9 Å². The van der Waals surface area contributed by atoms with Crippen LogP contribution >= 0.6 is 0 Å². The molecule has 0 radical (unpaired) electrons. The second-order valence-electron chi connectivity index (χ2n) is 3.64. The quantitative estimate of drug-likeness (QED) is 0.792. The Kier molecular flexibility index (Phi) is 5.40. The molecule has 0 amide bonds. The fourth-order valence-electron chi connectivity index (χ4n) is 1.38. The summed E-state index contributed by atoms with van der Waals surface area (Å²) in [7, 11) is -4.19. The fraction of sp³-hybridized carbons (Fsp3) is 0.364. The van der Waals surface area contributed by atoms with E-state index in [1.54, 1.807) is 11.6 Å². The smallest absolute Gasteiger partial charge is 0.339 e. The first-order chi connectivity index (χ1) is 9.27. The van der Waals surface area contributed by atoms with E-state index in [1.807, 2.05) is 0 Å². The molecular formula is C11H13F2NO5S. The molecule has 0 heterocycles. The molecule has 1 aromatic rings. The molecule has 0 fully saturated rings. The maximum Gasteiger partial charge on any atom is 0.339 e. The lowest BCUT2D eigenvalue weighted by atomic mass is 10.2. The Morgan fingerprint density at radius 2 is 2.10 bits per heavy atom. The predicted octanol–water partition coefficient (Wildman–Crippen LogP) is 1.33. The molecule has 0 saturated carbocycles. The number of ether oxygens (including phenoxy) is 1. The lowest BCUT2D eigenvalue weighted by Crippen LogP contribution is -2.28. The number of alkyl halides is 2. The summed E-state index contributed by atoms with van der Waals surface area (Å²) in [6.45, 7) is 0.800. The molecule has 0 atom stereocenters. The Morgan fingerprint density at radius 1 is 1.45 bits per heavy atom. The van der Waals surface area contributed by atoms with Gasteiger partial charge in [0, 0.05) is 0 Å². The highest BCUT2D eigenvalue weighted by Crippen LogP contribution is 2.22. The number of sulfonamides is 1. The number of hydrogen-bond donors (Lipinski definition) is 2. The molecule has 0 spiro atoms. The van der Waals surface area contributed by atoms with Crippen LogP contribution in [0.5, 0.6) is 5.75 Å². The summed E-state index contributed by atoms with van der Waals surface area (Å²) in [6.07, 6.45) is -2.84. The van der Waals surface area contributed by atoms with Crippen molar-refractivity contribution in [2.75, 3.05) is 13.2 Å². The van der Waals surface area contributed by atoms with Crippen LogP contribution in [0.2, 0.25) is 0 Å². The van der Waals surface area contributed by atoms with Crippen LogP contribution in [0.15, 0.2) is 23.1 Å². The van der Waals surface area contributed by atoms with Crippen LogP contribution in [0.3, 0.4) is 0 Å². The molecule has 112 valence electrons. The van der Waals surface area contributed by atoms with Crippen LogP contribution in [0.25, 0.3) is 0 Å². The van der Waals surface area contributed by atoms with Crippen LogP contribution < -0.4 is 9.46 Å². The minimum absolute atomic E-state index is 0.00723. The number of carboxylic acid groups (broad SMARTS) is 1. The predicted molar refractivity (Wildman–Crippen MR) is 65.8 cm³/mol. The van der Waals surface area contributed by atoms with E-state index in [1.165, 1.54) is 6.07 Å². The summed E-state index contributed by atoms with van der Waals surface area (Å²) in [5.41, 5.74) is -0.355. The number of carboxylic acids is 1. The van der Waals surface area contributed by atoms with Gasteiger partial charge >= 0.3 is 5.97 Å². The molecule has 0 aliphatic carbocycles. The second-order valence-corrected chi connectivity index (χ2v) is 5.41. The van der Waals surface area contributed by atoms with Crippen molar-refractivity contribution in [3.05, 3.63) is 23.8 Å². The van der Waals surface area contributed by atoms with Crippen molar-refractivity contribution in [2.45, 2.75) is 18.2 Å². The number of halogens is 2. The first-order valence-corrected chi connectivity index (χ1v) is 7.04. The van der Waals surface area contributed by atoms with E-state index in [0.717, 1.165) is 12.1 Å². The van der Waals surface area contributed by atoms with Crippen molar-refractivity contribution in [1.82, 2.24) is 4.72 Å². The van der Waals surface area contributed by atoms with Crippen molar-refractivity contribution in [3.8, 4) is 5.75 Å². The first kappa shape index (κ1) is 16.3. The Morgan fingerprint density at radius 3 is 2.60 bits per heavy atom. The summed E-state index contributed by atoms with van der Waals surface area (Å²) in [4.78, 5) is 10.6. The third kappa shape index (κ3) is 4.14. The molecule has 6 nitrogen and oxygen atoms in total. The van der Waals surface area contributed by atoms with Gasteiger partial charge in [-0.1, -0.05) is 0 Å².